The maximum atomic E-state index is 13.4. The van der Waals surface area contributed by atoms with Crippen LogP contribution in [0.2, 0.25) is 0 Å². The molecule has 1 fully saturated rings. The topological polar surface area (TPSA) is 58.6 Å². The van der Waals surface area contributed by atoms with E-state index in [1.54, 1.807) is 0 Å². The summed E-state index contributed by atoms with van der Waals surface area (Å²) in [6.45, 7) is 0.365. The summed E-state index contributed by atoms with van der Waals surface area (Å²) in [6.07, 6.45) is 1.59. The highest BCUT2D eigenvalue weighted by molar-refractivity contribution is 5.76. The number of aliphatic hydroxyl groups excluding tert-OH is 1. The Morgan fingerprint density at radius 1 is 1.33 bits per heavy atom. The molecule has 6 heteroatoms. The van der Waals surface area contributed by atoms with Crippen molar-refractivity contribution in [1.82, 2.24) is 5.32 Å². The highest BCUT2D eigenvalue weighted by atomic mass is 19.2. The molecule has 4 nitrogen and oxygen atoms in total. The third-order valence-electron chi connectivity index (χ3n) is 3.58. The average molecular weight is 299 g/mol. The number of ether oxygens (including phenoxy) is 1. The van der Waals surface area contributed by atoms with Crippen molar-refractivity contribution in [1.29, 1.82) is 0 Å². The van der Waals surface area contributed by atoms with Crippen molar-refractivity contribution in [2.45, 2.75) is 37.9 Å². The predicted octanol–water partition coefficient (Wildman–Crippen LogP) is 1.55. The number of amides is 1. The quantitative estimate of drug-likeness (QED) is 0.838. The van der Waals surface area contributed by atoms with Gasteiger partial charge in [-0.1, -0.05) is 12.1 Å². The van der Waals surface area contributed by atoms with E-state index in [4.69, 9.17) is 9.84 Å². The van der Waals surface area contributed by atoms with Crippen LogP contribution in [0.3, 0.4) is 0 Å². The average Bonchev–Trinajstić information content (AvgIpc) is 2.94. The van der Waals surface area contributed by atoms with Crippen molar-refractivity contribution < 1.29 is 23.4 Å². The van der Waals surface area contributed by atoms with E-state index in [1.165, 1.54) is 12.1 Å². The van der Waals surface area contributed by atoms with E-state index >= 15 is 0 Å². The second-order valence-electron chi connectivity index (χ2n) is 5.16. The number of halogens is 2. The molecule has 0 aliphatic carbocycles. The van der Waals surface area contributed by atoms with Crippen molar-refractivity contribution in [2.75, 3.05) is 13.2 Å². The summed E-state index contributed by atoms with van der Waals surface area (Å²) in [6, 6.07) is 3.94. The van der Waals surface area contributed by atoms with Gasteiger partial charge in [-0.2, -0.15) is 0 Å². The Morgan fingerprint density at radius 2 is 2.10 bits per heavy atom. The number of aryl methyl sites for hydroxylation is 1. The van der Waals surface area contributed by atoms with Gasteiger partial charge in [0.05, 0.1) is 18.8 Å². The van der Waals surface area contributed by atoms with Crippen LogP contribution in [0.4, 0.5) is 8.78 Å². The van der Waals surface area contributed by atoms with Gasteiger partial charge in [0.2, 0.25) is 5.91 Å². The first kappa shape index (κ1) is 15.9. The van der Waals surface area contributed by atoms with E-state index in [-0.39, 0.29) is 43.1 Å². The van der Waals surface area contributed by atoms with Crippen LogP contribution >= 0.6 is 0 Å². The summed E-state index contributed by atoms with van der Waals surface area (Å²) in [5, 5.41) is 11.7. The van der Waals surface area contributed by atoms with Gasteiger partial charge in [0.15, 0.2) is 11.6 Å². The summed E-state index contributed by atoms with van der Waals surface area (Å²) in [5.74, 6) is -2.02. The Kier molecular flexibility index (Phi) is 5.64. The fourth-order valence-electron chi connectivity index (χ4n) is 2.37. The lowest BCUT2D eigenvalue weighted by molar-refractivity contribution is -0.121. The van der Waals surface area contributed by atoms with Crippen LogP contribution in [0.5, 0.6) is 0 Å². The summed E-state index contributed by atoms with van der Waals surface area (Å²) < 4.78 is 31.9. The van der Waals surface area contributed by atoms with Gasteiger partial charge in [0, 0.05) is 13.0 Å². The predicted molar refractivity (Wildman–Crippen MR) is 72.7 cm³/mol. The monoisotopic (exact) mass is 299 g/mol. The minimum atomic E-state index is -0.901. The molecule has 2 atom stereocenters. The molecular formula is C15H19F2NO3. The van der Waals surface area contributed by atoms with Gasteiger partial charge in [-0.05, 0) is 30.9 Å². The SMILES string of the molecule is O=C(CCc1cccc(F)c1F)NC[C@H]1CC[C@@H](CO)O1. The molecule has 1 aliphatic rings. The number of nitrogens with one attached hydrogen (secondary N) is 1. The minimum Gasteiger partial charge on any atom is -0.394 e. The lowest BCUT2D eigenvalue weighted by Crippen LogP contribution is -2.32. The first-order chi connectivity index (χ1) is 10.1. The summed E-state index contributed by atoms with van der Waals surface area (Å²) in [4.78, 5) is 11.7. The molecule has 0 spiro atoms. The number of hydrogen-bond acceptors (Lipinski definition) is 3. The number of rotatable bonds is 6. The van der Waals surface area contributed by atoms with Gasteiger partial charge in [-0.15, -0.1) is 0 Å². The van der Waals surface area contributed by atoms with Crippen molar-refractivity contribution in [3.8, 4) is 0 Å². The highest BCUT2D eigenvalue weighted by Gasteiger charge is 2.24. The molecule has 2 N–H and O–H groups in total. The zero-order valence-electron chi connectivity index (χ0n) is 11.6. The summed E-state index contributed by atoms with van der Waals surface area (Å²) in [5.41, 5.74) is 0.197. The number of aliphatic hydroxyl groups is 1. The zero-order valence-corrected chi connectivity index (χ0v) is 11.6. The molecule has 1 heterocycles. The fourth-order valence-corrected chi connectivity index (χ4v) is 2.37. The second kappa shape index (κ2) is 7.47. The molecule has 0 aromatic heterocycles. The van der Waals surface area contributed by atoms with Crippen molar-refractivity contribution >= 4 is 5.91 Å². The van der Waals surface area contributed by atoms with Crippen molar-refractivity contribution in [3.05, 3.63) is 35.4 Å². The lowest BCUT2D eigenvalue weighted by Gasteiger charge is -2.13. The number of carbonyl (C=O) groups excluding carboxylic acids is 1. The van der Waals surface area contributed by atoms with Gasteiger partial charge < -0.3 is 15.2 Å². The van der Waals surface area contributed by atoms with E-state index in [1.807, 2.05) is 0 Å². The van der Waals surface area contributed by atoms with E-state index in [0.29, 0.717) is 6.54 Å². The maximum absolute atomic E-state index is 13.4. The Morgan fingerprint density at radius 3 is 2.81 bits per heavy atom. The fraction of sp³-hybridized carbons (Fsp3) is 0.533. The first-order valence-electron chi connectivity index (χ1n) is 7.06. The smallest absolute Gasteiger partial charge is 0.220 e. The zero-order chi connectivity index (χ0) is 15.2. The normalized spacial score (nSPS) is 21.5. The molecule has 0 unspecified atom stereocenters. The molecule has 1 aromatic rings. The molecule has 0 radical (unpaired) electrons. The van der Waals surface area contributed by atoms with Gasteiger partial charge >= 0.3 is 0 Å². The molecule has 1 saturated heterocycles. The van der Waals surface area contributed by atoms with E-state index in [2.05, 4.69) is 5.32 Å². The molecule has 0 saturated carbocycles. The Bertz CT molecular complexity index is 496. The Labute approximate surface area is 122 Å². The third-order valence-corrected chi connectivity index (χ3v) is 3.58. The Hall–Kier alpha value is -1.53. The molecule has 1 aromatic carbocycles. The van der Waals surface area contributed by atoms with Gasteiger partial charge in [0.1, 0.15) is 0 Å². The molecule has 1 aliphatic heterocycles. The van der Waals surface area contributed by atoms with Crippen molar-refractivity contribution in [3.63, 3.8) is 0 Å². The van der Waals surface area contributed by atoms with E-state index < -0.39 is 11.6 Å². The van der Waals surface area contributed by atoms with Crippen molar-refractivity contribution in [2.24, 2.45) is 0 Å². The summed E-state index contributed by atoms with van der Waals surface area (Å²) >= 11 is 0. The van der Waals surface area contributed by atoms with Crippen LogP contribution < -0.4 is 5.32 Å². The number of hydrogen-bond donors (Lipinski definition) is 2. The van der Waals surface area contributed by atoms with Crippen LogP contribution in [-0.4, -0.2) is 36.4 Å². The molecule has 0 bridgehead atoms. The van der Waals surface area contributed by atoms with Crippen LogP contribution in [0.25, 0.3) is 0 Å². The molecular weight excluding hydrogens is 280 g/mol. The van der Waals surface area contributed by atoms with Gasteiger partial charge in [0.25, 0.3) is 0 Å². The van der Waals surface area contributed by atoms with Crippen LogP contribution in [-0.2, 0) is 16.0 Å². The second-order valence-corrected chi connectivity index (χ2v) is 5.16. The summed E-state index contributed by atoms with van der Waals surface area (Å²) in [7, 11) is 0. The van der Waals surface area contributed by atoms with Crippen LogP contribution in [0.15, 0.2) is 18.2 Å². The Balaban J connectivity index is 1.72. The van der Waals surface area contributed by atoms with E-state index in [9.17, 15) is 13.6 Å². The standard InChI is InChI=1S/C15H19F2NO3/c16-13-3-1-2-10(15(13)17)4-7-14(20)18-8-11-5-6-12(9-19)21-11/h1-3,11-12,19H,4-9H2,(H,18,20)/t11-,12+/m1/s1. The molecule has 1 amide bonds. The molecule has 116 valence electrons. The van der Waals surface area contributed by atoms with Crippen LogP contribution in [0.1, 0.15) is 24.8 Å². The number of benzene rings is 1. The first-order valence-corrected chi connectivity index (χ1v) is 7.06. The van der Waals surface area contributed by atoms with Gasteiger partial charge in [-0.25, -0.2) is 8.78 Å². The van der Waals surface area contributed by atoms with E-state index in [0.717, 1.165) is 18.9 Å². The highest BCUT2D eigenvalue weighted by Crippen LogP contribution is 2.18. The number of carbonyl (C=O) groups is 1. The van der Waals surface area contributed by atoms with Gasteiger partial charge in [-0.3, -0.25) is 4.79 Å². The lowest BCUT2D eigenvalue weighted by atomic mass is 10.1. The molecule has 21 heavy (non-hydrogen) atoms. The van der Waals surface area contributed by atoms with Crippen LogP contribution in [0, 0.1) is 11.6 Å². The maximum Gasteiger partial charge on any atom is 0.220 e. The third kappa shape index (κ3) is 4.47. The minimum absolute atomic E-state index is 0.0106. The molecule has 2 rings (SSSR count). The largest absolute Gasteiger partial charge is 0.394 e.